The molecule has 0 spiro atoms. The Bertz CT molecular complexity index is 698. The predicted molar refractivity (Wildman–Crippen MR) is 79.7 cm³/mol. The summed E-state index contributed by atoms with van der Waals surface area (Å²) in [5.74, 6) is 0. The zero-order valence-electron chi connectivity index (χ0n) is 11.4. The maximum atomic E-state index is 12.1. The molecule has 2 N–H and O–H groups in total. The molecule has 0 radical (unpaired) electrons. The van der Waals surface area contributed by atoms with Crippen molar-refractivity contribution in [2.45, 2.75) is 24.3 Å². The number of halogens is 1. The van der Waals surface area contributed by atoms with Gasteiger partial charge in [0.05, 0.1) is 23.5 Å². The van der Waals surface area contributed by atoms with E-state index in [1.807, 2.05) is 0 Å². The van der Waals surface area contributed by atoms with E-state index in [4.69, 9.17) is 16.0 Å². The highest BCUT2D eigenvalue weighted by Crippen LogP contribution is 2.20. The molecule has 0 bridgehead atoms. The number of hydrogen-bond donors (Lipinski definition) is 2. The lowest BCUT2D eigenvalue weighted by Crippen LogP contribution is -2.26. The molecule has 0 amide bonds. The lowest BCUT2D eigenvalue weighted by molar-refractivity contribution is 0.168. The van der Waals surface area contributed by atoms with Gasteiger partial charge in [-0.3, -0.25) is 0 Å². The van der Waals surface area contributed by atoms with E-state index in [1.165, 1.54) is 24.7 Å². The van der Waals surface area contributed by atoms with Crippen LogP contribution in [-0.2, 0) is 10.0 Å². The van der Waals surface area contributed by atoms with Gasteiger partial charge in [-0.1, -0.05) is 17.7 Å². The number of furan rings is 1. The number of rotatable bonds is 6. The first-order valence-corrected chi connectivity index (χ1v) is 8.22. The van der Waals surface area contributed by atoms with E-state index >= 15 is 0 Å². The topological polar surface area (TPSA) is 79.5 Å². The smallest absolute Gasteiger partial charge is 0.240 e. The van der Waals surface area contributed by atoms with Gasteiger partial charge in [-0.2, -0.15) is 0 Å². The third kappa shape index (κ3) is 4.07. The monoisotopic (exact) mass is 329 g/mol. The molecule has 0 saturated carbocycles. The van der Waals surface area contributed by atoms with Crippen LogP contribution in [0.25, 0.3) is 0 Å². The average Bonchev–Trinajstić information content (AvgIpc) is 2.95. The van der Waals surface area contributed by atoms with Gasteiger partial charge in [0.15, 0.2) is 0 Å². The van der Waals surface area contributed by atoms with E-state index in [0.717, 1.165) is 5.56 Å². The fourth-order valence-electron chi connectivity index (χ4n) is 1.79. The van der Waals surface area contributed by atoms with E-state index in [-0.39, 0.29) is 17.9 Å². The van der Waals surface area contributed by atoms with E-state index in [9.17, 15) is 13.5 Å². The van der Waals surface area contributed by atoms with Crippen LogP contribution >= 0.6 is 11.6 Å². The fraction of sp³-hybridized carbons (Fsp3) is 0.286. The molecule has 2 aromatic rings. The van der Waals surface area contributed by atoms with Gasteiger partial charge < -0.3 is 9.52 Å². The second-order valence-electron chi connectivity index (χ2n) is 4.67. The normalized spacial score (nSPS) is 13.3. The van der Waals surface area contributed by atoms with Gasteiger partial charge in [-0.05, 0) is 37.1 Å². The van der Waals surface area contributed by atoms with Crippen molar-refractivity contribution >= 4 is 21.6 Å². The molecule has 0 aliphatic carbocycles. The SMILES string of the molecule is Cc1ccc(S(=O)(=O)NCCC(O)c2ccoc2)cc1Cl. The first-order valence-electron chi connectivity index (χ1n) is 6.36. The number of hydrogen-bond acceptors (Lipinski definition) is 4. The van der Waals surface area contributed by atoms with E-state index in [1.54, 1.807) is 19.1 Å². The number of nitrogens with one attached hydrogen (secondary N) is 1. The summed E-state index contributed by atoms with van der Waals surface area (Å²) in [5.41, 5.74) is 1.43. The van der Waals surface area contributed by atoms with Gasteiger partial charge in [-0.15, -0.1) is 0 Å². The van der Waals surface area contributed by atoms with Gasteiger partial charge in [0.1, 0.15) is 0 Å². The first kappa shape index (κ1) is 16.0. The molecule has 2 rings (SSSR count). The van der Waals surface area contributed by atoms with Crippen LogP contribution in [0.3, 0.4) is 0 Å². The highest BCUT2D eigenvalue weighted by atomic mass is 35.5. The second-order valence-corrected chi connectivity index (χ2v) is 6.84. The minimum atomic E-state index is -3.63. The maximum Gasteiger partial charge on any atom is 0.240 e. The molecule has 0 saturated heterocycles. The van der Waals surface area contributed by atoms with E-state index in [0.29, 0.717) is 10.6 Å². The number of benzene rings is 1. The van der Waals surface area contributed by atoms with Crippen molar-refractivity contribution in [1.82, 2.24) is 4.72 Å². The Morgan fingerprint density at radius 3 is 2.76 bits per heavy atom. The molecule has 7 heteroatoms. The zero-order valence-corrected chi connectivity index (χ0v) is 13.0. The second kappa shape index (κ2) is 6.62. The summed E-state index contributed by atoms with van der Waals surface area (Å²) >= 11 is 5.93. The van der Waals surface area contributed by atoms with E-state index < -0.39 is 16.1 Å². The minimum Gasteiger partial charge on any atom is -0.472 e. The molecule has 21 heavy (non-hydrogen) atoms. The fourth-order valence-corrected chi connectivity index (χ4v) is 3.10. The lowest BCUT2D eigenvalue weighted by atomic mass is 10.1. The van der Waals surface area contributed by atoms with Crippen LogP contribution in [0.4, 0.5) is 0 Å². The molecule has 1 unspecified atom stereocenters. The van der Waals surface area contributed by atoms with Crippen LogP contribution in [0, 0.1) is 6.92 Å². The van der Waals surface area contributed by atoms with Gasteiger partial charge in [0, 0.05) is 17.1 Å². The molecule has 0 aliphatic heterocycles. The summed E-state index contributed by atoms with van der Waals surface area (Å²) in [7, 11) is -3.63. The third-order valence-corrected chi connectivity index (χ3v) is 4.96. The van der Waals surface area contributed by atoms with Crippen LogP contribution in [-0.4, -0.2) is 20.1 Å². The molecule has 1 aromatic carbocycles. The van der Waals surface area contributed by atoms with Gasteiger partial charge in [0.2, 0.25) is 10.0 Å². The molecule has 0 fully saturated rings. The summed E-state index contributed by atoms with van der Waals surface area (Å²) in [6, 6.07) is 6.19. The van der Waals surface area contributed by atoms with Crippen molar-refractivity contribution in [3.8, 4) is 0 Å². The summed E-state index contributed by atoms with van der Waals surface area (Å²) in [4.78, 5) is 0.107. The maximum absolute atomic E-state index is 12.1. The zero-order chi connectivity index (χ0) is 15.5. The predicted octanol–water partition coefficient (Wildman–Crippen LogP) is 2.64. The summed E-state index contributed by atoms with van der Waals surface area (Å²) < 4.78 is 31.5. The molecular formula is C14H16ClNO4S. The van der Waals surface area contributed by atoms with E-state index in [2.05, 4.69) is 4.72 Å². The largest absolute Gasteiger partial charge is 0.472 e. The number of sulfonamides is 1. The Balaban J connectivity index is 1.96. The van der Waals surface area contributed by atoms with Crippen LogP contribution in [0.2, 0.25) is 5.02 Å². The van der Waals surface area contributed by atoms with Crippen molar-refractivity contribution < 1.29 is 17.9 Å². The van der Waals surface area contributed by atoms with Gasteiger partial charge >= 0.3 is 0 Å². The quantitative estimate of drug-likeness (QED) is 0.853. The number of aryl methyl sites for hydroxylation is 1. The van der Waals surface area contributed by atoms with Gasteiger partial charge in [-0.25, -0.2) is 13.1 Å². The van der Waals surface area contributed by atoms with Crippen molar-refractivity contribution in [3.63, 3.8) is 0 Å². The van der Waals surface area contributed by atoms with Crippen LogP contribution in [0.15, 0.2) is 46.1 Å². The van der Waals surface area contributed by atoms with Crippen molar-refractivity contribution in [2.24, 2.45) is 0 Å². The summed E-state index contributed by atoms with van der Waals surface area (Å²) in [5, 5.41) is 10.2. The average molecular weight is 330 g/mol. The molecule has 1 aromatic heterocycles. The first-order chi connectivity index (χ1) is 9.90. The minimum absolute atomic E-state index is 0.107. The number of aliphatic hydroxyl groups is 1. The molecule has 0 aliphatic rings. The lowest BCUT2D eigenvalue weighted by Gasteiger charge is -2.10. The molecule has 1 atom stereocenters. The highest BCUT2D eigenvalue weighted by molar-refractivity contribution is 7.89. The highest BCUT2D eigenvalue weighted by Gasteiger charge is 2.16. The van der Waals surface area contributed by atoms with Crippen LogP contribution in [0.1, 0.15) is 23.7 Å². The van der Waals surface area contributed by atoms with Crippen LogP contribution < -0.4 is 4.72 Å². The Labute approximate surface area is 128 Å². The summed E-state index contributed by atoms with van der Waals surface area (Å²) in [6.45, 7) is 1.91. The Hall–Kier alpha value is -1.34. The van der Waals surface area contributed by atoms with Crippen molar-refractivity contribution in [3.05, 3.63) is 52.9 Å². The van der Waals surface area contributed by atoms with Crippen LogP contribution in [0.5, 0.6) is 0 Å². The van der Waals surface area contributed by atoms with Gasteiger partial charge in [0.25, 0.3) is 0 Å². The molecular weight excluding hydrogens is 314 g/mol. The number of aliphatic hydroxyl groups excluding tert-OH is 1. The molecule has 5 nitrogen and oxygen atoms in total. The Morgan fingerprint density at radius 1 is 1.38 bits per heavy atom. The van der Waals surface area contributed by atoms with Crippen molar-refractivity contribution in [1.29, 1.82) is 0 Å². The standard InChI is InChI=1S/C14H16ClNO4S/c1-10-2-3-12(8-13(10)15)21(18,19)16-6-4-14(17)11-5-7-20-9-11/h2-3,5,7-9,14,16-17H,4,6H2,1H3. The summed E-state index contributed by atoms with van der Waals surface area (Å²) in [6.07, 6.45) is 2.36. The third-order valence-electron chi connectivity index (χ3n) is 3.09. The van der Waals surface area contributed by atoms with Crippen molar-refractivity contribution in [2.75, 3.05) is 6.54 Å². The molecule has 1 heterocycles. The molecule has 114 valence electrons. The Kier molecular flexibility index (Phi) is 5.05. The Morgan fingerprint density at radius 2 is 2.14 bits per heavy atom.